The average molecular weight is 284 g/mol. The van der Waals surface area contributed by atoms with Crippen LogP contribution < -0.4 is 4.74 Å². The van der Waals surface area contributed by atoms with Crippen LogP contribution in [0.1, 0.15) is 11.1 Å². The molecular weight excluding hydrogens is 268 g/mol. The largest absolute Gasteiger partial charge is 0.489 e. The van der Waals surface area contributed by atoms with E-state index in [0.29, 0.717) is 6.61 Å². The second-order valence-corrected chi connectivity index (χ2v) is 5.00. The van der Waals surface area contributed by atoms with Crippen LogP contribution in [0.5, 0.6) is 5.75 Å². The van der Waals surface area contributed by atoms with E-state index in [9.17, 15) is 0 Å². The second-order valence-electron chi connectivity index (χ2n) is 4.12. The molecule has 102 valence electrons. The minimum atomic E-state index is -0.123. The number of hydrogen-bond donors (Lipinski definition) is 1. The van der Waals surface area contributed by atoms with Crippen molar-refractivity contribution in [3.63, 3.8) is 0 Å². The lowest BCUT2D eigenvalue weighted by Gasteiger charge is -2.07. The molecule has 0 aliphatic carbocycles. The minimum Gasteiger partial charge on any atom is -0.489 e. The Bertz CT molecular complexity index is 609. The number of ether oxygens (including phenoxy) is 1. The number of aliphatic hydroxyl groups excluding tert-OH is 1. The summed E-state index contributed by atoms with van der Waals surface area (Å²) in [5, 5.41) is 8.69. The van der Waals surface area contributed by atoms with Crippen LogP contribution in [0.2, 0.25) is 0 Å². The summed E-state index contributed by atoms with van der Waals surface area (Å²) in [6.07, 6.45) is 2.05. The fourth-order valence-electron chi connectivity index (χ4n) is 1.72. The molecule has 20 heavy (non-hydrogen) atoms. The van der Waals surface area contributed by atoms with E-state index in [-0.39, 0.29) is 6.61 Å². The van der Waals surface area contributed by atoms with E-state index in [4.69, 9.17) is 9.84 Å². The van der Waals surface area contributed by atoms with Gasteiger partial charge in [0.2, 0.25) is 0 Å². The first-order chi connectivity index (χ1) is 9.81. The molecule has 0 spiro atoms. The lowest BCUT2D eigenvalue weighted by atomic mass is 10.1. The van der Waals surface area contributed by atoms with Crippen molar-refractivity contribution in [3.05, 3.63) is 59.7 Å². The highest BCUT2D eigenvalue weighted by atomic mass is 32.2. The second kappa shape index (κ2) is 7.64. The third-order valence-corrected chi connectivity index (χ3v) is 3.45. The Kier molecular flexibility index (Phi) is 5.55. The Balaban J connectivity index is 1.99. The van der Waals surface area contributed by atoms with Crippen LogP contribution in [-0.4, -0.2) is 18.0 Å². The first-order valence-electron chi connectivity index (χ1n) is 6.27. The van der Waals surface area contributed by atoms with Crippen LogP contribution >= 0.6 is 11.8 Å². The van der Waals surface area contributed by atoms with Gasteiger partial charge in [0.25, 0.3) is 0 Å². The molecule has 2 nitrogen and oxygen atoms in total. The third kappa shape index (κ3) is 4.34. The number of hydrogen-bond acceptors (Lipinski definition) is 3. The van der Waals surface area contributed by atoms with E-state index in [2.05, 4.69) is 18.1 Å². The Morgan fingerprint density at radius 1 is 1.15 bits per heavy atom. The van der Waals surface area contributed by atoms with Crippen LogP contribution in [0, 0.1) is 11.8 Å². The van der Waals surface area contributed by atoms with Crippen LogP contribution in [-0.2, 0) is 6.61 Å². The van der Waals surface area contributed by atoms with Crippen molar-refractivity contribution in [2.45, 2.75) is 11.5 Å². The number of thioether (sulfide) groups is 1. The first kappa shape index (κ1) is 14.5. The molecule has 0 atom stereocenters. The third-order valence-electron chi connectivity index (χ3n) is 2.70. The average Bonchev–Trinajstić information content (AvgIpc) is 2.52. The van der Waals surface area contributed by atoms with Gasteiger partial charge in [-0.3, -0.25) is 0 Å². The molecule has 0 bridgehead atoms. The van der Waals surface area contributed by atoms with Crippen molar-refractivity contribution >= 4 is 11.8 Å². The van der Waals surface area contributed by atoms with Gasteiger partial charge < -0.3 is 9.84 Å². The highest BCUT2D eigenvalue weighted by Gasteiger charge is 1.98. The summed E-state index contributed by atoms with van der Waals surface area (Å²) in [6, 6.07) is 15.9. The highest BCUT2D eigenvalue weighted by molar-refractivity contribution is 7.98. The molecule has 0 radical (unpaired) electrons. The van der Waals surface area contributed by atoms with Crippen molar-refractivity contribution in [1.29, 1.82) is 0 Å². The van der Waals surface area contributed by atoms with Gasteiger partial charge in [0.1, 0.15) is 19.0 Å². The van der Waals surface area contributed by atoms with E-state index < -0.39 is 0 Å². The summed E-state index contributed by atoms with van der Waals surface area (Å²) >= 11 is 1.71. The highest BCUT2D eigenvalue weighted by Crippen LogP contribution is 2.19. The van der Waals surface area contributed by atoms with Crippen LogP contribution in [0.3, 0.4) is 0 Å². The lowest BCUT2D eigenvalue weighted by Crippen LogP contribution is -1.95. The molecule has 0 saturated heterocycles. The van der Waals surface area contributed by atoms with Crippen LogP contribution in [0.15, 0.2) is 53.4 Å². The summed E-state index contributed by atoms with van der Waals surface area (Å²) in [6.45, 7) is 0.385. The van der Waals surface area contributed by atoms with Gasteiger partial charge in [0, 0.05) is 10.5 Å². The maximum absolute atomic E-state index is 8.69. The summed E-state index contributed by atoms with van der Waals surface area (Å²) in [5.74, 6) is 6.39. The van der Waals surface area contributed by atoms with Gasteiger partial charge in [-0.2, -0.15) is 0 Å². The maximum Gasteiger partial charge on any atom is 0.119 e. The molecule has 0 aliphatic rings. The molecule has 2 aromatic rings. The van der Waals surface area contributed by atoms with Gasteiger partial charge in [-0.1, -0.05) is 24.0 Å². The molecule has 2 aromatic carbocycles. The molecule has 0 aromatic heterocycles. The zero-order valence-electron chi connectivity index (χ0n) is 11.3. The summed E-state index contributed by atoms with van der Waals surface area (Å²) in [4.78, 5) is 1.22. The monoisotopic (exact) mass is 284 g/mol. The molecule has 0 unspecified atom stereocenters. The van der Waals surface area contributed by atoms with E-state index in [0.717, 1.165) is 16.9 Å². The van der Waals surface area contributed by atoms with Crippen molar-refractivity contribution in [1.82, 2.24) is 0 Å². The van der Waals surface area contributed by atoms with Gasteiger partial charge in [0.15, 0.2) is 0 Å². The lowest BCUT2D eigenvalue weighted by molar-refractivity contribution is 0.306. The van der Waals surface area contributed by atoms with E-state index in [1.54, 1.807) is 11.8 Å². The smallest absolute Gasteiger partial charge is 0.119 e. The molecular formula is C17H16O2S. The Hall–Kier alpha value is -1.89. The zero-order valence-corrected chi connectivity index (χ0v) is 12.1. The molecule has 1 N–H and O–H groups in total. The Morgan fingerprint density at radius 3 is 2.65 bits per heavy atom. The van der Waals surface area contributed by atoms with Crippen molar-refractivity contribution in [2.24, 2.45) is 0 Å². The predicted octanol–water partition coefficient (Wildman–Crippen LogP) is 3.33. The summed E-state index contributed by atoms with van der Waals surface area (Å²) in [7, 11) is 0. The van der Waals surface area contributed by atoms with Crippen LogP contribution in [0.25, 0.3) is 0 Å². The molecule has 0 fully saturated rings. The molecule has 3 heteroatoms. The van der Waals surface area contributed by atoms with E-state index in [1.807, 2.05) is 48.5 Å². The maximum atomic E-state index is 8.69. The minimum absolute atomic E-state index is 0.123. The fraction of sp³-hybridized carbons (Fsp3) is 0.176. The topological polar surface area (TPSA) is 29.5 Å². The summed E-state index contributed by atoms with van der Waals surface area (Å²) < 4.78 is 5.74. The normalized spacial score (nSPS) is 9.70. The first-order valence-corrected chi connectivity index (χ1v) is 7.50. The molecule has 0 amide bonds. The SMILES string of the molecule is CSc1ccc(OCc2cccc(C#CCO)c2)cc1. The van der Waals surface area contributed by atoms with Gasteiger partial charge >= 0.3 is 0 Å². The fourth-order valence-corrected chi connectivity index (χ4v) is 2.13. The molecule has 0 saturated carbocycles. The predicted molar refractivity (Wildman–Crippen MR) is 83.0 cm³/mol. The van der Waals surface area contributed by atoms with Gasteiger partial charge in [-0.05, 0) is 48.2 Å². The molecule has 0 aliphatic heterocycles. The zero-order chi connectivity index (χ0) is 14.2. The van der Waals surface area contributed by atoms with Gasteiger partial charge in [0.05, 0.1) is 0 Å². The van der Waals surface area contributed by atoms with E-state index in [1.165, 1.54) is 4.90 Å². The quantitative estimate of drug-likeness (QED) is 0.690. The van der Waals surface area contributed by atoms with Crippen molar-refractivity contribution in [3.8, 4) is 17.6 Å². The molecule has 0 heterocycles. The number of aliphatic hydroxyl groups is 1. The van der Waals surface area contributed by atoms with Gasteiger partial charge in [-0.15, -0.1) is 11.8 Å². The Morgan fingerprint density at radius 2 is 1.95 bits per heavy atom. The van der Waals surface area contributed by atoms with Crippen molar-refractivity contribution < 1.29 is 9.84 Å². The number of rotatable bonds is 4. The number of benzene rings is 2. The van der Waals surface area contributed by atoms with Gasteiger partial charge in [-0.25, -0.2) is 0 Å². The van der Waals surface area contributed by atoms with Crippen LogP contribution in [0.4, 0.5) is 0 Å². The Labute approximate surface area is 123 Å². The van der Waals surface area contributed by atoms with Crippen molar-refractivity contribution in [2.75, 3.05) is 12.9 Å². The van der Waals surface area contributed by atoms with E-state index >= 15 is 0 Å². The summed E-state index contributed by atoms with van der Waals surface area (Å²) in [5.41, 5.74) is 1.95. The standard InChI is InChI=1S/C17H16O2S/c1-20-17-9-7-16(8-10-17)19-13-15-5-2-4-14(12-15)6-3-11-18/h2,4-5,7-10,12,18H,11,13H2,1H3. The molecule has 2 rings (SSSR count).